The molecule has 2 heterocycles. The monoisotopic (exact) mass is 272 g/mol. The third-order valence-electron chi connectivity index (χ3n) is 2.32. The Balaban J connectivity index is 2.04. The molecular formula is C11H5FN6S. The van der Waals surface area contributed by atoms with Gasteiger partial charge >= 0.3 is 0 Å². The molecule has 0 fully saturated rings. The number of thiazole rings is 1. The lowest BCUT2D eigenvalue weighted by Gasteiger charge is -1.99. The van der Waals surface area contributed by atoms with Gasteiger partial charge in [0.15, 0.2) is 0 Å². The number of hydrogen-bond acceptors (Lipinski definition) is 6. The van der Waals surface area contributed by atoms with E-state index in [-0.39, 0.29) is 5.56 Å². The molecule has 0 unspecified atom stereocenters. The van der Waals surface area contributed by atoms with Crippen molar-refractivity contribution in [2.45, 2.75) is 0 Å². The summed E-state index contributed by atoms with van der Waals surface area (Å²) in [6, 6.07) is 5.72. The van der Waals surface area contributed by atoms with Gasteiger partial charge in [0.1, 0.15) is 11.5 Å². The van der Waals surface area contributed by atoms with Crippen molar-refractivity contribution < 1.29 is 4.39 Å². The highest BCUT2D eigenvalue weighted by Crippen LogP contribution is 2.15. The Bertz CT molecular complexity index is 758. The average molecular weight is 272 g/mol. The van der Waals surface area contributed by atoms with Gasteiger partial charge in [0.05, 0.1) is 22.8 Å². The Labute approximate surface area is 110 Å². The number of rotatable bonds is 2. The topological polar surface area (TPSA) is 80.3 Å². The van der Waals surface area contributed by atoms with Gasteiger partial charge in [-0.25, -0.2) is 9.37 Å². The predicted molar refractivity (Wildman–Crippen MR) is 64.9 cm³/mol. The van der Waals surface area contributed by atoms with Crippen LogP contribution < -0.4 is 0 Å². The van der Waals surface area contributed by atoms with Crippen molar-refractivity contribution in [2.24, 2.45) is 0 Å². The highest BCUT2D eigenvalue weighted by atomic mass is 32.1. The van der Waals surface area contributed by atoms with Crippen molar-refractivity contribution in [3.05, 3.63) is 40.5 Å². The predicted octanol–water partition coefficient (Wildman–Crippen LogP) is 1.80. The maximum atomic E-state index is 13.3. The van der Waals surface area contributed by atoms with Crippen LogP contribution >= 0.6 is 11.3 Å². The van der Waals surface area contributed by atoms with E-state index in [9.17, 15) is 4.39 Å². The minimum absolute atomic E-state index is 0.197. The lowest BCUT2D eigenvalue weighted by atomic mass is 10.2. The number of halogens is 1. The first-order valence-electron chi connectivity index (χ1n) is 5.16. The second-order valence-electron chi connectivity index (χ2n) is 3.59. The molecule has 0 aliphatic rings. The third-order valence-corrected chi connectivity index (χ3v) is 2.90. The zero-order valence-corrected chi connectivity index (χ0v) is 10.2. The maximum absolute atomic E-state index is 13.3. The van der Waals surface area contributed by atoms with Crippen LogP contribution in [0.4, 0.5) is 4.39 Å². The molecule has 0 N–H and O–H groups in total. The smallest absolute Gasteiger partial charge is 0.224 e. The van der Waals surface area contributed by atoms with E-state index in [1.807, 2.05) is 6.07 Å². The first-order valence-corrected chi connectivity index (χ1v) is 6.10. The van der Waals surface area contributed by atoms with Crippen LogP contribution in [-0.2, 0) is 0 Å². The van der Waals surface area contributed by atoms with Gasteiger partial charge in [0.25, 0.3) is 0 Å². The summed E-state index contributed by atoms with van der Waals surface area (Å²) in [6.45, 7) is 0. The maximum Gasteiger partial charge on any atom is 0.224 e. The molecule has 19 heavy (non-hydrogen) atoms. The van der Waals surface area contributed by atoms with Gasteiger partial charge in [-0.1, -0.05) is 0 Å². The largest absolute Gasteiger partial charge is 0.241 e. The van der Waals surface area contributed by atoms with E-state index >= 15 is 0 Å². The number of hydrogen-bond donors (Lipinski definition) is 0. The molecule has 0 saturated heterocycles. The zero-order chi connectivity index (χ0) is 13.2. The van der Waals surface area contributed by atoms with Crippen molar-refractivity contribution >= 4 is 11.3 Å². The Hall–Kier alpha value is -2.66. The van der Waals surface area contributed by atoms with Gasteiger partial charge in [-0.15, -0.1) is 26.3 Å². The van der Waals surface area contributed by atoms with E-state index in [1.54, 1.807) is 10.9 Å². The summed E-state index contributed by atoms with van der Waals surface area (Å²) in [5.74, 6) is -0.175. The molecule has 3 rings (SSSR count). The fraction of sp³-hybridized carbons (Fsp3) is 0. The number of nitrogens with zero attached hydrogens (tertiary/aromatic N) is 6. The summed E-state index contributed by atoms with van der Waals surface area (Å²) < 4.78 is 13.3. The zero-order valence-electron chi connectivity index (χ0n) is 9.36. The molecule has 3 aromatic rings. The molecule has 0 aliphatic carbocycles. The Morgan fingerprint density at radius 1 is 1.32 bits per heavy atom. The molecule has 92 valence electrons. The number of aromatic nitrogens is 5. The van der Waals surface area contributed by atoms with Crippen LogP contribution in [0.3, 0.4) is 0 Å². The minimum Gasteiger partial charge on any atom is -0.241 e. The Kier molecular flexibility index (Phi) is 2.74. The van der Waals surface area contributed by atoms with Crippen LogP contribution in [0.25, 0.3) is 17.2 Å². The molecule has 0 atom stereocenters. The summed E-state index contributed by atoms with van der Waals surface area (Å²) in [6.07, 6.45) is 0. The number of tetrazole rings is 1. The fourth-order valence-corrected chi connectivity index (χ4v) is 2.03. The van der Waals surface area contributed by atoms with Crippen molar-refractivity contribution in [2.75, 3.05) is 0 Å². The van der Waals surface area contributed by atoms with Gasteiger partial charge in [-0.05, 0) is 17.3 Å². The molecule has 2 aromatic heterocycles. The fourth-order valence-electron chi connectivity index (χ4n) is 1.50. The molecular weight excluding hydrogens is 267 g/mol. The first kappa shape index (κ1) is 11.4. The van der Waals surface area contributed by atoms with E-state index < -0.39 is 5.82 Å². The molecule has 0 amide bonds. The van der Waals surface area contributed by atoms with Crippen LogP contribution in [0.1, 0.15) is 5.56 Å². The average Bonchev–Trinajstić information content (AvgIpc) is 3.08. The number of nitriles is 1. The van der Waals surface area contributed by atoms with Crippen molar-refractivity contribution in [1.82, 2.24) is 25.2 Å². The van der Waals surface area contributed by atoms with Crippen LogP contribution in [0, 0.1) is 17.1 Å². The van der Waals surface area contributed by atoms with E-state index in [2.05, 4.69) is 20.4 Å². The van der Waals surface area contributed by atoms with Crippen LogP contribution in [-0.4, -0.2) is 25.2 Å². The van der Waals surface area contributed by atoms with Crippen molar-refractivity contribution in [3.8, 4) is 23.3 Å². The second kappa shape index (κ2) is 4.55. The van der Waals surface area contributed by atoms with Crippen molar-refractivity contribution in [3.63, 3.8) is 0 Å². The molecule has 0 spiro atoms. The second-order valence-corrected chi connectivity index (χ2v) is 4.30. The molecule has 0 radical (unpaired) electrons. The van der Waals surface area contributed by atoms with Gasteiger partial charge in [-0.2, -0.15) is 5.26 Å². The molecule has 6 nitrogen and oxygen atoms in total. The minimum atomic E-state index is -0.526. The van der Waals surface area contributed by atoms with Crippen LogP contribution in [0.2, 0.25) is 0 Å². The third kappa shape index (κ3) is 2.19. The highest BCUT2D eigenvalue weighted by Gasteiger charge is 2.10. The first-order chi connectivity index (χ1) is 9.26. The van der Waals surface area contributed by atoms with Gasteiger partial charge in [0.2, 0.25) is 5.82 Å². The summed E-state index contributed by atoms with van der Waals surface area (Å²) in [5, 5.41) is 22.3. The lowest BCUT2D eigenvalue weighted by Crippen LogP contribution is -2.00. The van der Waals surface area contributed by atoms with E-state index in [0.29, 0.717) is 17.2 Å². The van der Waals surface area contributed by atoms with E-state index in [1.165, 1.54) is 28.3 Å². The Morgan fingerprint density at radius 3 is 2.95 bits per heavy atom. The van der Waals surface area contributed by atoms with E-state index in [0.717, 1.165) is 6.07 Å². The van der Waals surface area contributed by atoms with Crippen molar-refractivity contribution in [1.29, 1.82) is 5.26 Å². The highest BCUT2D eigenvalue weighted by molar-refractivity contribution is 7.07. The number of benzene rings is 1. The molecule has 0 saturated carbocycles. The van der Waals surface area contributed by atoms with Crippen LogP contribution in [0.5, 0.6) is 0 Å². The summed E-state index contributed by atoms with van der Waals surface area (Å²) in [5.41, 5.74) is 2.80. The summed E-state index contributed by atoms with van der Waals surface area (Å²) >= 11 is 1.42. The molecule has 0 aliphatic heterocycles. The van der Waals surface area contributed by atoms with Crippen LogP contribution in [0.15, 0.2) is 29.1 Å². The standard InChI is InChI=1S/C11H5FN6S/c12-8-1-7(4-13)2-9(3-8)18-16-11(15-17-18)10-5-19-6-14-10/h1-3,5-6H. The molecule has 8 heteroatoms. The molecule has 0 bridgehead atoms. The normalized spacial score (nSPS) is 10.3. The van der Waals surface area contributed by atoms with Gasteiger partial charge in [-0.3, -0.25) is 0 Å². The van der Waals surface area contributed by atoms with Gasteiger partial charge in [0, 0.05) is 11.4 Å². The SMILES string of the molecule is N#Cc1cc(F)cc(-n2nnc(-c3cscn3)n2)c1. The summed E-state index contributed by atoms with van der Waals surface area (Å²) in [7, 11) is 0. The lowest BCUT2D eigenvalue weighted by molar-refractivity contribution is 0.620. The molecule has 1 aromatic carbocycles. The summed E-state index contributed by atoms with van der Waals surface area (Å²) in [4.78, 5) is 5.22. The van der Waals surface area contributed by atoms with E-state index in [4.69, 9.17) is 5.26 Å². The van der Waals surface area contributed by atoms with Gasteiger partial charge < -0.3 is 0 Å². The Morgan fingerprint density at radius 2 is 2.21 bits per heavy atom. The quantitative estimate of drug-likeness (QED) is 0.710.